The highest BCUT2D eigenvalue weighted by Gasteiger charge is 2.35. The average Bonchev–Trinajstić information content (AvgIpc) is 3.35. The maximum absolute atomic E-state index is 13.3. The maximum atomic E-state index is 13.3. The van der Waals surface area contributed by atoms with E-state index < -0.39 is 0 Å². The number of carbonyl (C=O) groups excluding carboxylic acids is 1. The number of benzene rings is 1. The molecule has 0 N–H and O–H groups in total. The fraction of sp³-hybridized carbons (Fsp3) is 0.565. The lowest BCUT2D eigenvalue weighted by atomic mass is 9.94. The molecule has 1 saturated heterocycles. The maximum Gasteiger partial charge on any atom is 0.257 e. The van der Waals surface area contributed by atoms with Crippen molar-refractivity contribution in [1.29, 1.82) is 0 Å². The van der Waals surface area contributed by atoms with E-state index in [-0.39, 0.29) is 11.9 Å². The minimum absolute atomic E-state index is 0.164. The van der Waals surface area contributed by atoms with Crippen molar-refractivity contribution < 1.29 is 9.53 Å². The zero-order valence-electron chi connectivity index (χ0n) is 17.1. The number of ether oxygens (including phenoxy) is 1. The predicted molar refractivity (Wildman–Crippen MR) is 110 cm³/mol. The van der Waals surface area contributed by atoms with Crippen molar-refractivity contribution in [3.05, 3.63) is 47.3 Å². The molecule has 0 radical (unpaired) electrons. The summed E-state index contributed by atoms with van der Waals surface area (Å²) in [5, 5.41) is 4.66. The molecule has 4 rings (SSSR count). The standard InChI is InChI=1S/C23H31N3O2/c1-3-6-22-21(16-24-26(22)18-7-4-5-8-18)23(27)25-14-13-19(25)15-17-9-11-20(28-2)12-10-17/h9-12,16,18-19H,3-8,13-15H2,1-2H3. The van der Waals surface area contributed by atoms with Crippen LogP contribution in [0.3, 0.4) is 0 Å². The molecular formula is C23H31N3O2. The number of nitrogens with zero attached hydrogens (tertiary/aromatic N) is 3. The molecule has 1 amide bonds. The first-order valence-electron chi connectivity index (χ1n) is 10.7. The van der Waals surface area contributed by atoms with E-state index in [2.05, 4.69) is 28.8 Å². The van der Waals surface area contributed by atoms with Gasteiger partial charge in [-0.15, -0.1) is 0 Å². The topological polar surface area (TPSA) is 47.4 Å². The Bertz CT molecular complexity index is 806. The van der Waals surface area contributed by atoms with Crippen LogP contribution in [0.15, 0.2) is 30.5 Å². The van der Waals surface area contributed by atoms with Gasteiger partial charge in [0.2, 0.25) is 0 Å². The molecule has 0 bridgehead atoms. The zero-order valence-corrected chi connectivity index (χ0v) is 17.1. The number of amides is 1. The van der Waals surface area contributed by atoms with E-state index in [4.69, 9.17) is 4.74 Å². The van der Waals surface area contributed by atoms with Crippen LogP contribution in [0.2, 0.25) is 0 Å². The lowest BCUT2D eigenvalue weighted by Gasteiger charge is -2.41. The lowest BCUT2D eigenvalue weighted by Crippen LogP contribution is -2.52. The summed E-state index contributed by atoms with van der Waals surface area (Å²) in [5.41, 5.74) is 3.22. The summed E-state index contributed by atoms with van der Waals surface area (Å²) in [6.07, 6.45) is 10.7. The summed E-state index contributed by atoms with van der Waals surface area (Å²) in [5.74, 6) is 1.03. The Morgan fingerprint density at radius 1 is 1.18 bits per heavy atom. The van der Waals surface area contributed by atoms with Gasteiger partial charge in [0.1, 0.15) is 5.75 Å². The molecule has 2 heterocycles. The Morgan fingerprint density at radius 2 is 1.93 bits per heavy atom. The third-order valence-electron chi connectivity index (χ3n) is 6.32. The molecule has 2 aromatic rings. The first-order chi connectivity index (χ1) is 13.7. The van der Waals surface area contributed by atoms with Crippen LogP contribution >= 0.6 is 0 Å². The largest absolute Gasteiger partial charge is 0.497 e. The number of hydrogen-bond acceptors (Lipinski definition) is 3. The number of carbonyl (C=O) groups is 1. The molecule has 2 fully saturated rings. The van der Waals surface area contributed by atoms with Gasteiger partial charge in [0.15, 0.2) is 0 Å². The van der Waals surface area contributed by atoms with Crippen molar-refractivity contribution in [2.75, 3.05) is 13.7 Å². The predicted octanol–water partition coefficient (Wildman–Crippen LogP) is 4.42. The summed E-state index contributed by atoms with van der Waals surface area (Å²) in [6.45, 7) is 3.02. The molecule has 5 nitrogen and oxygen atoms in total. The van der Waals surface area contributed by atoms with E-state index in [1.54, 1.807) is 7.11 Å². The number of likely N-dealkylation sites (tertiary alicyclic amines) is 1. The first-order valence-corrected chi connectivity index (χ1v) is 10.7. The third-order valence-corrected chi connectivity index (χ3v) is 6.32. The number of rotatable bonds is 7. The van der Waals surface area contributed by atoms with E-state index >= 15 is 0 Å². The van der Waals surface area contributed by atoms with Crippen molar-refractivity contribution in [1.82, 2.24) is 14.7 Å². The second-order valence-corrected chi connectivity index (χ2v) is 8.13. The van der Waals surface area contributed by atoms with Gasteiger partial charge in [0.25, 0.3) is 5.91 Å². The summed E-state index contributed by atoms with van der Waals surface area (Å²) >= 11 is 0. The molecule has 1 saturated carbocycles. The average molecular weight is 382 g/mol. The third kappa shape index (κ3) is 3.67. The molecule has 1 aromatic heterocycles. The van der Waals surface area contributed by atoms with E-state index in [1.807, 2.05) is 23.2 Å². The van der Waals surface area contributed by atoms with Gasteiger partial charge in [-0.25, -0.2) is 0 Å². The van der Waals surface area contributed by atoms with Crippen LogP contribution in [0.25, 0.3) is 0 Å². The Hall–Kier alpha value is -2.30. The molecule has 2 aliphatic rings. The van der Waals surface area contributed by atoms with Gasteiger partial charge in [-0.2, -0.15) is 5.10 Å². The van der Waals surface area contributed by atoms with Crippen LogP contribution in [0.1, 0.15) is 73.1 Å². The van der Waals surface area contributed by atoms with Gasteiger partial charge >= 0.3 is 0 Å². The Balaban J connectivity index is 1.49. The number of aromatic nitrogens is 2. The molecule has 1 unspecified atom stereocenters. The number of methoxy groups -OCH3 is 1. The lowest BCUT2D eigenvalue weighted by molar-refractivity contribution is 0.0463. The van der Waals surface area contributed by atoms with Crippen LogP contribution in [0, 0.1) is 0 Å². The van der Waals surface area contributed by atoms with Crippen LogP contribution in [-0.4, -0.2) is 40.3 Å². The molecule has 1 aromatic carbocycles. The molecule has 1 atom stereocenters. The van der Waals surface area contributed by atoms with E-state index in [1.165, 1.54) is 31.2 Å². The zero-order chi connectivity index (χ0) is 19.5. The molecule has 28 heavy (non-hydrogen) atoms. The molecule has 1 aliphatic heterocycles. The second-order valence-electron chi connectivity index (χ2n) is 8.13. The molecule has 5 heteroatoms. The SMILES string of the molecule is CCCc1c(C(=O)N2CCC2Cc2ccc(OC)cc2)cnn1C1CCCC1. The van der Waals surface area contributed by atoms with E-state index in [0.29, 0.717) is 6.04 Å². The smallest absolute Gasteiger partial charge is 0.257 e. The van der Waals surface area contributed by atoms with Crippen molar-refractivity contribution >= 4 is 5.91 Å². The summed E-state index contributed by atoms with van der Waals surface area (Å²) in [7, 11) is 1.68. The minimum atomic E-state index is 0.164. The highest BCUT2D eigenvalue weighted by molar-refractivity contribution is 5.96. The van der Waals surface area contributed by atoms with Gasteiger partial charge in [0.05, 0.1) is 30.6 Å². The van der Waals surface area contributed by atoms with Gasteiger partial charge < -0.3 is 9.64 Å². The molecule has 150 valence electrons. The fourth-order valence-electron chi connectivity index (χ4n) is 4.62. The van der Waals surface area contributed by atoms with E-state index in [0.717, 1.165) is 49.2 Å². The Labute approximate surface area is 167 Å². The van der Waals surface area contributed by atoms with Gasteiger partial charge in [-0.1, -0.05) is 38.3 Å². The van der Waals surface area contributed by atoms with Crippen molar-refractivity contribution in [3.63, 3.8) is 0 Å². The Morgan fingerprint density at radius 3 is 2.54 bits per heavy atom. The summed E-state index contributed by atoms with van der Waals surface area (Å²) in [6, 6.07) is 8.94. The van der Waals surface area contributed by atoms with Gasteiger partial charge in [0, 0.05) is 12.6 Å². The van der Waals surface area contributed by atoms with Crippen LogP contribution in [-0.2, 0) is 12.8 Å². The van der Waals surface area contributed by atoms with Gasteiger partial charge in [-0.05, 0) is 49.8 Å². The second kappa shape index (κ2) is 8.38. The van der Waals surface area contributed by atoms with Gasteiger partial charge in [-0.3, -0.25) is 9.48 Å². The summed E-state index contributed by atoms with van der Waals surface area (Å²) < 4.78 is 7.41. The number of hydrogen-bond donors (Lipinski definition) is 0. The monoisotopic (exact) mass is 381 g/mol. The molecular weight excluding hydrogens is 350 g/mol. The first kappa shape index (κ1) is 19.0. The van der Waals surface area contributed by atoms with E-state index in [9.17, 15) is 4.79 Å². The minimum Gasteiger partial charge on any atom is -0.497 e. The molecule has 1 aliphatic carbocycles. The van der Waals surface area contributed by atoms with Crippen molar-refractivity contribution in [3.8, 4) is 5.75 Å². The van der Waals surface area contributed by atoms with Crippen molar-refractivity contribution in [2.45, 2.75) is 70.4 Å². The van der Waals surface area contributed by atoms with Crippen LogP contribution in [0.5, 0.6) is 5.75 Å². The Kier molecular flexibility index (Phi) is 5.69. The van der Waals surface area contributed by atoms with Crippen molar-refractivity contribution in [2.24, 2.45) is 0 Å². The van der Waals surface area contributed by atoms with Crippen LogP contribution in [0.4, 0.5) is 0 Å². The highest BCUT2D eigenvalue weighted by atomic mass is 16.5. The fourth-order valence-corrected chi connectivity index (χ4v) is 4.62. The quantitative estimate of drug-likeness (QED) is 0.713. The highest BCUT2D eigenvalue weighted by Crippen LogP contribution is 2.32. The molecule has 0 spiro atoms. The normalized spacial score (nSPS) is 19.6. The summed E-state index contributed by atoms with van der Waals surface area (Å²) in [4.78, 5) is 15.3. The van der Waals surface area contributed by atoms with Crippen LogP contribution < -0.4 is 4.74 Å².